The van der Waals surface area contributed by atoms with Gasteiger partial charge in [-0.15, -0.1) is 11.3 Å². The van der Waals surface area contributed by atoms with Gasteiger partial charge in [0.2, 0.25) is 0 Å². The monoisotopic (exact) mass is 422 g/mol. The van der Waals surface area contributed by atoms with Gasteiger partial charge in [-0.25, -0.2) is 9.37 Å². The Morgan fingerprint density at radius 1 is 1.21 bits per heavy atom. The van der Waals surface area contributed by atoms with E-state index in [-0.39, 0.29) is 22.0 Å². The molecule has 0 saturated carbocycles. The van der Waals surface area contributed by atoms with Crippen LogP contribution in [-0.4, -0.2) is 16.5 Å². The fourth-order valence-electron chi connectivity index (χ4n) is 2.36. The van der Waals surface area contributed by atoms with E-state index in [1.54, 1.807) is 23.6 Å². The number of thiophene rings is 1. The Hall–Kier alpha value is -2.70. The highest BCUT2D eigenvalue weighted by molar-refractivity contribution is 8.00. The van der Waals surface area contributed by atoms with Gasteiger partial charge in [0.1, 0.15) is 16.9 Å². The number of thioether (sulfide) groups is 1. The second-order valence-corrected chi connectivity index (χ2v) is 7.45. The van der Waals surface area contributed by atoms with Gasteiger partial charge in [0.05, 0.1) is 27.5 Å². The average molecular weight is 422 g/mol. The molecule has 142 valence electrons. The number of pyridine rings is 1. The number of nitriles is 1. The van der Waals surface area contributed by atoms with E-state index in [9.17, 15) is 27.6 Å². The first-order valence-electron chi connectivity index (χ1n) is 7.77. The van der Waals surface area contributed by atoms with Gasteiger partial charge in [-0.3, -0.25) is 4.79 Å². The van der Waals surface area contributed by atoms with Crippen molar-refractivity contribution in [2.75, 3.05) is 5.75 Å². The molecule has 9 heteroatoms. The predicted molar refractivity (Wildman–Crippen MR) is 98.7 cm³/mol. The summed E-state index contributed by atoms with van der Waals surface area (Å²) in [5, 5.41) is 10.8. The Bertz CT molecular complexity index is 1040. The normalized spacial score (nSPS) is 11.2. The summed E-state index contributed by atoms with van der Waals surface area (Å²) in [7, 11) is 0. The Morgan fingerprint density at radius 3 is 2.50 bits per heavy atom. The van der Waals surface area contributed by atoms with E-state index in [0.717, 1.165) is 30.0 Å². The van der Waals surface area contributed by atoms with Crippen LogP contribution in [0.4, 0.5) is 17.6 Å². The van der Waals surface area contributed by atoms with Crippen LogP contribution in [0.2, 0.25) is 0 Å². The number of nitrogens with zero attached hydrogens (tertiary/aromatic N) is 2. The number of aromatic nitrogens is 1. The highest BCUT2D eigenvalue weighted by Crippen LogP contribution is 2.38. The molecule has 0 aliphatic heterocycles. The van der Waals surface area contributed by atoms with Crippen LogP contribution in [0.1, 0.15) is 21.5 Å². The zero-order chi connectivity index (χ0) is 20.3. The highest BCUT2D eigenvalue weighted by atomic mass is 32.2. The largest absolute Gasteiger partial charge is 0.417 e. The molecule has 0 bridgehead atoms. The third-order valence-corrected chi connectivity index (χ3v) is 5.55. The lowest BCUT2D eigenvalue weighted by atomic mass is 10.1. The van der Waals surface area contributed by atoms with Gasteiger partial charge in [0.15, 0.2) is 5.78 Å². The first-order valence-corrected chi connectivity index (χ1v) is 9.64. The maximum absolute atomic E-state index is 13.5. The number of carbonyl (C=O) groups excluding carboxylic acids is 1. The van der Waals surface area contributed by atoms with Gasteiger partial charge >= 0.3 is 6.18 Å². The molecule has 0 spiro atoms. The zero-order valence-corrected chi connectivity index (χ0v) is 15.6. The van der Waals surface area contributed by atoms with Gasteiger partial charge in [0, 0.05) is 5.56 Å². The van der Waals surface area contributed by atoms with Gasteiger partial charge in [-0.2, -0.15) is 18.4 Å². The van der Waals surface area contributed by atoms with Crippen molar-refractivity contribution in [2.45, 2.75) is 11.2 Å². The van der Waals surface area contributed by atoms with Crippen LogP contribution in [-0.2, 0) is 6.18 Å². The number of Topliss-reactive ketones (excluding diaryl/α,β-unsaturated/α-hetero) is 1. The molecule has 3 nitrogen and oxygen atoms in total. The lowest BCUT2D eigenvalue weighted by Crippen LogP contribution is -2.11. The summed E-state index contributed by atoms with van der Waals surface area (Å²) >= 11 is 1.96. The standard InChI is InChI=1S/C19H10F4N2OS2/c20-12-5-3-11(4-6-12)16(26)10-28-18-13(9-24)14(19(21,22)23)8-15(25-18)17-2-1-7-27-17/h1-8H,10H2. The van der Waals surface area contributed by atoms with Crippen molar-refractivity contribution in [3.8, 4) is 16.6 Å². The number of hydrogen-bond donors (Lipinski definition) is 0. The van der Waals surface area contributed by atoms with E-state index < -0.39 is 28.9 Å². The molecule has 0 unspecified atom stereocenters. The van der Waals surface area contributed by atoms with E-state index >= 15 is 0 Å². The molecule has 0 radical (unpaired) electrons. The molecule has 0 amide bonds. The SMILES string of the molecule is N#Cc1c(C(F)(F)F)cc(-c2cccs2)nc1SCC(=O)c1ccc(F)cc1. The number of ketones is 1. The van der Waals surface area contributed by atoms with E-state index in [1.807, 2.05) is 0 Å². The summed E-state index contributed by atoms with van der Waals surface area (Å²) in [6, 6.07) is 10.5. The summed E-state index contributed by atoms with van der Waals surface area (Å²) in [5.41, 5.74) is -1.41. The molecule has 0 saturated heterocycles. The third-order valence-electron chi connectivity index (χ3n) is 3.68. The molecule has 28 heavy (non-hydrogen) atoms. The molecule has 3 aromatic rings. The van der Waals surface area contributed by atoms with Crippen molar-refractivity contribution in [3.63, 3.8) is 0 Å². The number of hydrogen-bond acceptors (Lipinski definition) is 5. The first kappa shape index (κ1) is 20.0. The maximum Gasteiger partial charge on any atom is 0.417 e. The number of carbonyl (C=O) groups is 1. The van der Waals surface area contributed by atoms with Gasteiger partial charge in [0.25, 0.3) is 0 Å². The Labute approximate surface area is 165 Å². The van der Waals surface area contributed by atoms with E-state index in [1.165, 1.54) is 23.5 Å². The molecular weight excluding hydrogens is 412 g/mol. The van der Waals surface area contributed by atoms with Crippen molar-refractivity contribution in [2.24, 2.45) is 0 Å². The van der Waals surface area contributed by atoms with E-state index in [4.69, 9.17) is 0 Å². The van der Waals surface area contributed by atoms with Crippen LogP contribution < -0.4 is 0 Å². The first-order chi connectivity index (χ1) is 13.3. The molecular formula is C19H10F4N2OS2. The van der Waals surface area contributed by atoms with Crippen LogP contribution in [0, 0.1) is 17.1 Å². The van der Waals surface area contributed by atoms with Crippen LogP contribution in [0.5, 0.6) is 0 Å². The van der Waals surface area contributed by atoms with Crippen molar-refractivity contribution in [1.82, 2.24) is 4.98 Å². The minimum atomic E-state index is -4.74. The average Bonchev–Trinajstić information content (AvgIpc) is 3.20. The van der Waals surface area contributed by atoms with Crippen molar-refractivity contribution >= 4 is 28.9 Å². The van der Waals surface area contributed by atoms with Crippen LogP contribution >= 0.6 is 23.1 Å². The van der Waals surface area contributed by atoms with Crippen molar-refractivity contribution in [1.29, 1.82) is 5.26 Å². The van der Waals surface area contributed by atoms with Crippen LogP contribution in [0.25, 0.3) is 10.6 Å². The smallest absolute Gasteiger partial charge is 0.293 e. The van der Waals surface area contributed by atoms with Gasteiger partial charge in [-0.1, -0.05) is 17.8 Å². The topological polar surface area (TPSA) is 53.8 Å². The molecule has 0 aliphatic rings. The minimum absolute atomic E-state index is 0.0815. The fourth-order valence-corrected chi connectivity index (χ4v) is 3.94. The quantitative estimate of drug-likeness (QED) is 0.296. The Kier molecular flexibility index (Phi) is 5.82. The minimum Gasteiger partial charge on any atom is -0.293 e. The van der Waals surface area contributed by atoms with Crippen LogP contribution in [0.15, 0.2) is 52.9 Å². The highest BCUT2D eigenvalue weighted by Gasteiger charge is 2.36. The molecule has 3 rings (SSSR count). The molecule has 0 atom stereocenters. The summed E-state index contributed by atoms with van der Waals surface area (Å²) in [6.07, 6.45) is -4.74. The molecule has 2 aromatic heterocycles. The number of rotatable bonds is 5. The van der Waals surface area contributed by atoms with Gasteiger partial charge < -0.3 is 0 Å². The second-order valence-electron chi connectivity index (χ2n) is 5.54. The predicted octanol–water partition coefficient (Wildman–Crippen LogP) is 5.81. The summed E-state index contributed by atoms with van der Waals surface area (Å²) < 4.78 is 53.3. The number of alkyl halides is 3. The van der Waals surface area contributed by atoms with Crippen molar-refractivity contribution < 1.29 is 22.4 Å². The summed E-state index contributed by atoms with van der Waals surface area (Å²) in [4.78, 5) is 16.9. The zero-order valence-electron chi connectivity index (χ0n) is 14.0. The maximum atomic E-state index is 13.5. The molecule has 0 aliphatic carbocycles. The lowest BCUT2D eigenvalue weighted by Gasteiger charge is -2.13. The number of halogens is 4. The Balaban J connectivity index is 1.97. The Morgan fingerprint density at radius 2 is 1.93 bits per heavy atom. The van der Waals surface area contributed by atoms with Crippen molar-refractivity contribution in [3.05, 3.63) is 70.4 Å². The molecule has 1 aromatic carbocycles. The molecule has 0 N–H and O–H groups in total. The molecule has 2 heterocycles. The summed E-state index contributed by atoms with van der Waals surface area (Å²) in [6.45, 7) is 0. The lowest BCUT2D eigenvalue weighted by molar-refractivity contribution is -0.138. The number of benzene rings is 1. The fraction of sp³-hybridized carbons (Fsp3) is 0.105. The van der Waals surface area contributed by atoms with Gasteiger partial charge in [-0.05, 0) is 41.8 Å². The molecule has 0 fully saturated rings. The third kappa shape index (κ3) is 4.40. The van der Waals surface area contributed by atoms with E-state index in [2.05, 4.69) is 4.98 Å². The van der Waals surface area contributed by atoms with Crippen LogP contribution in [0.3, 0.4) is 0 Å². The van der Waals surface area contributed by atoms with E-state index in [0.29, 0.717) is 4.88 Å². The second kappa shape index (κ2) is 8.12. The summed E-state index contributed by atoms with van der Waals surface area (Å²) in [5.74, 6) is -1.15.